The quantitative estimate of drug-likeness (QED) is 0.855. The van der Waals surface area contributed by atoms with Crippen molar-refractivity contribution >= 4 is 18.7 Å². The number of hydrogen-bond donors (Lipinski definition) is 1. The van der Waals surface area contributed by atoms with Crippen LogP contribution in [-0.2, 0) is 4.74 Å². The number of amides is 1. The van der Waals surface area contributed by atoms with Gasteiger partial charge in [-0.15, -0.1) is 12.6 Å². The van der Waals surface area contributed by atoms with Crippen LogP contribution in [0, 0.1) is 0 Å². The fourth-order valence-corrected chi connectivity index (χ4v) is 2.69. The Balaban J connectivity index is 2.36. The van der Waals surface area contributed by atoms with Crippen LogP contribution in [-0.4, -0.2) is 22.4 Å². The molecule has 5 nitrogen and oxygen atoms in total. The van der Waals surface area contributed by atoms with Gasteiger partial charge in [0.2, 0.25) is 0 Å². The summed E-state index contributed by atoms with van der Waals surface area (Å²) in [7, 11) is 0. The highest BCUT2D eigenvalue weighted by Gasteiger charge is 2.32. The zero-order chi connectivity index (χ0) is 15.6. The van der Waals surface area contributed by atoms with E-state index in [1.54, 1.807) is 12.3 Å². The van der Waals surface area contributed by atoms with Crippen molar-refractivity contribution in [3.05, 3.63) is 28.7 Å². The van der Waals surface area contributed by atoms with Crippen LogP contribution in [0.5, 0.6) is 0 Å². The average molecular weight is 310 g/mol. The molecule has 0 bridgehead atoms. The van der Waals surface area contributed by atoms with Gasteiger partial charge in [0, 0.05) is 17.2 Å². The largest absolute Gasteiger partial charge is 0.442 e. The number of hydrogen-bond acceptors (Lipinski definition) is 4. The number of nitrogens with zero attached hydrogens (tertiary/aromatic N) is 2. The lowest BCUT2D eigenvalue weighted by atomic mass is 10.2. The molecule has 1 amide bonds. The minimum atomic E-state index is -0.596. The summed E-state index contributed by atoms with van der Waals surface area (Å²) in [6.45, 7) is 5.45. The second-order valence-electron chi connectivity index (χ2n) is 6.33. The van der Waals surface area contributed by atoms with Crippen molar-refractivity contribution in [2.75, 3.05) is 5.01 Å². The molecule has 21 heavy (non-hydrogen) atoms. The smallest absolute Gasteiger partial charge is 0.429 e. The highest BCUT2D eigenvalue weighted by Crippen LogP contribution is 2.24. The van der Waals surface area contributed by atoms with E-state index >= 15 is 0 Å². The molecule has 1 aliphatic rings. The second kappa shape index (κ2) is 6.13. The molecular weight excluding hydrogens is 288 g/mol. The van der Waals surface area contributed by atoms with Crippen LogP contribution in [0.1, 0.15) is 46.5 Å². The first-order valence-electron chi connectivity index (χ1n) is 7.22. The third-order valence-corrected chi connectivity index (χ3v) is 3.65. The molecule has 1 saturated carbocycles. The summed E-state index contributed by atoms with van der Waals surface area (Å²) in [6.07, 6.45) is 4.98. The molecule has 0 atom stereocenters. The molecule has 0 unspecified atom stereocenters. The van der Waals surface area contributed by atoms with Gasteiger partial charge in [0.1, 0.15) is 5.60 Å². The molecule has 1 fully saturated rings. The Labute approximate surface area is 130 Å². The molecule has 1 aromatic heterocycles. The number of carbonyl (C=O) groups excluding carboxylic acids is 1. The number of pyridine rings is 1. The van der Waals surface area contributed by atoms with Gasteiger partial charge in [-0.2, -0.15) is 0 Å². The van der Waals surface area contributed by atoms with Crippen LogP contribution in [0.2, 0.25) is 0 Å². The minimum Gasteiger partial charge on any atom is -0.442 e. The molecule has 1 aliphatic carbocycles. The Morgan fingerprint density at radius 3 is 2.52 bits per heavy atom. The lowest BCUT2D eigenvalue weighted by molar-refractivity contribution is 0.0515. The van der Waals surface area contributed by atoms with E-state index < -0.39 is 11.7 Å². The first kappa shape index (κ1) is 15.9. The van der Waals surface area contributed by atoms with Crippen LogP contribution in [0.3, 0.4) is 0 Å². The molecule has 116 valence electrons. The van der Waals surface area contributed by atoms with Gasteiger partial charge in [-0.05, 0) is 39.7 Å². The lowest BCUT2D eigenvalue weighted by Gasteiger charge is -2.32. The Morgan fingerprint density at radius 1 is 1.38 bits per heavy atom. The number of aromatic nitrogens is 1. The zero-order valence-corrected chi connectivity index (χ0v) is 13.6. The van der Waals surface area contributed by atoms with E-state index in [4.69, 9.17) is 4.74 Å². The standard InChI is InChI=1S/C15H22N2O3S/c1-15(2,3)20-14(19)17(11-6-4-5-7-11)16-9-8-12(21)10-13(16)18/h8-11,21H,4-7H2,1-3H3. The predicted octanol–water partition coefficient (Wildman–Crippen LogP) is 2.95. The normalized spacial score (nSPS) is 16.0. The lowest BCUT2D eigenvalue weighted by Crippen LogP contribution is -2.53. The van der Waals surface area contributed by atoms with Crippen LogP contribution in [0.25, 0.3) is 0 Å². The van der Waals surface area contributed by atoms with E-state index in [2.05, 4.69) is 12.6 Å². The molecule has 0 N–H and O–H groups in total. The molecule has 2 rings (SSSR count). The van der Waals surface area contributed by atoms with Crippen LogP contribution >= 0.6 is 12.6 Å². The maximum Gasteiger partial charge on any atom is 0.429 e. The molecule has 1 heterocycles. The van der Waals surface area contributed by atoms with Crippen LogP contribution < -0.4 is 10.6 Å². The topological polar surface area (TPSA) is 51.5 Å². The van der Waals surface area contributed by atoms with Gasteiger partial charge in [-0.1, -0.05) is 12.8 Å². The summed E-state index contributed by atoms with van der Waals surface area (Å²) in [5.74, 6) is 0. The average Bonchev–Trinajstić information content (AvgIpc) is 2.83. The van der Waals surface area contributed by atoms with Gasteiger partial charge in [-0.3, -0.25) is 4.79 Å². The van der Waals surface area contributed by atoms with Crippen LogP contribution in [0.4, 0.5) is 4.79 Å². The van der Waals surface area contributed by atoms with Crippen molar-refractivity contribution in [1.29, 1.82) is 0 Å². The van der Waals surface area contributed by atoms with Gasteiger partial charge in [0.15, 0.2) is 0 Å². The fraction of sp³-hybridized carbons (Fsp3) is 0.600. The first-order valence-corrected chi connectivity index (χ1v) is 7.67. The number of ether oxygens (including phenoxy) is 1. The first-order chi connectivity index (χ1) is 9.78. The van der Waals surface area contributed by atoms with Crippen molar-refractivity contribution in [2.45, 2.75) is 63.0 Å². The van der Waals surface area contributed by atoms with E-state index in [0.717, 1.165) is 25.7 Å². The van der Waals surface area contributed by atoms with Gasteiger partial charge >= 0.3 is 6.09 Å². The Hall–Kier alpha value is -1.43. The maximum absolute atomic E-state index is 12.5. The van der Waals surface area contributed by atoms with Gasteiger partial charge in [0.05, 0.1) is 6.04 Å². The van der Waals surface area contributed by atoms with E-state index in [9.17, 15) is 9.59 Å². The zero-order valence-electron chi connectivity index (χ0n) is 12.7. The second-order valence-corrected chi connectivity index (χ2v) is 6.85. The summed E-state index contributed by atoms with van der Waals surface area (Å²) < 4.78 is 6.80. The maximum atomic E-state index is 12.5. The monoisotopic (exact) mass is 310 g/mol. The summed E-state index contributed by atoms with van der Waals surface area (Å²) in [5, 5.41) is 1.45. The van der Waals surface area contributed by atoms with Gasteiger partial charge in [0.25, 0.3) is 5.56 Å². The Kier molecular flexibility index (Phi) is 4.66. The van der Waals surface area contributed by atoms with Crippen LogP contribution in [0.15, 0.2) is 28.0 Å². The van der Waals surface area contributed by atoms with Crippen molar-refractivity contribution < 1.29 is 9.53 Å². The van der Waals surface area contributed by atoms with Gasteiger partial charge in [-0.25, -0.2) is 14.5 Å². The van der Waals surface area contributed by atoms with Crippen molar-refractivity contribution in [3.8, 4) is 0 Å². The highest BCUT2D eigenvalue weighted by atomic mass is 32.1. The minimum absolute atomic E-state index is 0.00307. The summed E-state index contributed by atoms with van der Waals surface area (Å²) in [6, 6.07) is 3.09. The van der Waals surface area contributed by atoms with Crippen molar-refractivity contribution in [1.82, 2.24) is 4.68 Å². The molecule has 0 spiro atoms. The summed E-state index contributed by atoms with van der Waals surface area (Å²) >= 11 is 4.15. The Bertz CT molecular complexity index is 571. The molecule has 1 aromatic rings. The molecule has 0 aromatic carbocycles. The highest BCUT2D eigenvalue weighted by molar-refractivity contribution is 7.80. The molecule has 0 radical (unpaired) electrons. The number of carbonyl (C=O) groups is 1. The van der Waals surface area contributed by atoms with Crippen molar-refractivity contribution in [3.63, 3.8) is 0 Å². The SMILES string of the molecule is CC(C)(C)OC(=O)N(C1CCCC1)n1ccc(S)cc1=O. The number of thiol groups is 1. The molecular formula is C15H22N2O3S. The van der Waals surface area contributed by atoms with E-state index in [1.807, 2.05) is 20.8 Å². The van der Waals surface area contributed by atoms with E-state index in [1.165, 1.54) is 15.8 Å². The summed E-state index contributed by atoms with van der Waals surface area (Å²) in [5.41, 5.74) is -0.874. The fourth-order valence-electron chi connectivity index (χ4n) is 2.51. The predicted molar refractivity (Wildman–Crippen MR) is 84.7 cm³/mol. The van der Waals surface area contributed by atoms with E-state index in [0.29, 0.717) is 4.90 Å². The van der Waals surface area contributed by atoms with Crippen molar-refractivity contribution in [2.24, 2.45) is 0 Å². The third-order valence-electron chi connectivity index (χ3n) is 3.37. The van der Waals surface area contributed by atoms with Gasteiger partial charge < -0.3 is 4.74 Å². The third kappa shape index (κ3) is 4.03. The van der Waals surface area contributed by atoms with E-state index in [-0.39, 0.29) is 11.6 Å². The summed E-state index contributed by atoms with van der Waals surface area (Å²) in [4.78, 5) is 25.3. The molecule has 6 heteroatoms. The Morgan fingerprint density at radius 2 is 2.00 bits per heavy atom. The number of rotatable bonds is 2. The molecule has 0 aliphatic heterocycles. The molecule has 0 saturated heterocycles.